The molecule has 0 saturated carbocycles. The monoisotopic (exact) mass is 323 g/mol. The van der Waals surface area contributed by atoms with Crippen LogP contribution in [-0.2, 0) is 9.47 Å². The van der Waals surface area contributed by atoms with E-state index in [2.05, 4.69) is 20.3 Å². The highest BCUT2D eigenvalue weighted by Gasteiger charge is 2.23. The van der Waals surface area contributed by atoms with Gasteiger partial charge in [0.25, 0.3) is 0 Å². The minimum atomic E-state index is -0.0121. The molecule has 0 amide bonds. The summed E-state index contributed by atoms with van der Waals surface area (Å²) >= 11 is 6.08. The number of rotatable bonds is 4. The van der Waals surface area contributed by atoms with Gasteiger partial charge in [-0.15, -0.1) is 0 Å². The van der Waals surface area contributed by atoms with Crippen LogP contribution in [0.15, 0.2) is 6.33 Å². The average Bonchev–Trinajstić information content (AvgIpc) is 3.24. The molecule has 0 bridgehead atoms. The van der Waals surface area contributed by atoms with E-state index >= 15 is 0 Å². The Kier molecular flexibility index (Phi) is 3.85. The largest absolute Gasteiger partial charge is 0.376 e. The number of ether oxygens (including phenoxy) is 2. The number of imidazole rings is 1. The molecule has 0 radical (unpaired) electrons. The fourth-order valence-electron chi connectivity index (χ4n) is 3.02. The van der Waals surface area contributed by atoms with Gasteiger partial charge in [-0.3, -0.25) is 4.57 Å². The predicted octanol–water partition coefficient (Wildman–Crippen LogP) is 2.38. The highest BCUT2D eigenvalue weighted by Crippen LogP contribution is 2.29. The molecule has 118 valence electrons. The molecule has 2 unspecified atom stereocenters. The van der Waals surface area contributed by atoms with E-state index in [9.17, 15) is 0 Å². The van der Waals surface area contributed by atoms with Crippen molar-refractivity contribution in [2.75, 3.05) is 25.1 Å². The van der Waals surface area contributed by atoms with Crippen LogP contribution in [-0.4, -0.2) is 45.4 Å². The first-order valence-electron chi connectivity index (χ1n) is 7.68. The number of nitrogens with one attached hydrogen (secondary N) is 1. The van der Waals surface area contributed by atoms with Crippen molar-refractivity contribution < 1.29 is 9.47 Å². The van der Waals surface area contributed by atoms with Crippen LogP contribution in [0.2, 0.25) is 5.28 Å². The van der Waals surface area contributed by atoms with Crippen LogP contribution in [0, 0.1) is 0 Å². The molecule has 1 N–H and O–H groups in total. The quantitative estimate of drug-likeness (QED) is 0.871. The minimum Gasteiger partial charge on any atom is -0.376 e. The first-order valence-corrected chi connectivity index (χ1v) is 8.06. The van der Waals surface area contributed by atoms with Crippen molar-refractivity contribution in [1.82, 2.24) is 19.5 Å². The second kappa shape index (κ2) is 5.98. The Morgan fingerprint density at radius 1 is 1.23 bits per heavy atom. The molecule has 2 aromatic heterocycles. The van der Waals surface area contributed by atoms with Gasteiger partial charge >= 0.3 is 0 Å². The molecule has 2 atom stereocenters. The van der Waals surface area contributed by atoms with Gasteiger partial charge in [0.2, 0.25) is 5.28 Å². The zero-order chi connectivity index (χ0) is 14.9. The van der Waals surface area contributed by atoms with Gasteiger partial charge in [-0.25, -0.2) is 4.98 Å². The molecule has 7 nitrogen and oxygen atoms in total. The first kappa shape index (κ1) is 14.2. The van der Waals surface area contributed by atoms with Gasteiger partial charge < -0.3 is 14.8 Å². The maximum atomic E-state index is 6.08. The van der Waals surface area contributed by atoms with Crippen LogP contribution < -0.4 is 5.32 Å². The number of hydrogen-bond donors (Lipinski definition) is 1. The fraction of sp³-hybridized carbons (Fsp3) is 0.643. The minimum absolute atomic E-state index is 0.0121. The van der Waals surface area contributed by atoms with E-state index in [1.807, 2.05) is 4.57 Å². The number of hydrogen-bond acceptors (Lipinski definition) is 6. The van der Waals surface area contributed by atoms with Gasteiger partial charge in [0.15, 0.2) is 17.0 Å². The highest BCUT2D eigenvalue weighted by atomic mass is 35.5. The first-order chi connectivity index (χ1) is 10.8. The van der Waals surface area contributed by atoms with Gasteiger partial charge in [-0.1, -0.05) is 0 Å². The van der Waals surface area contributed by atoms with Gasteiger partial charge in [0.05, 0.1) is 12.4 Å². The maximum Gasteiger partial charge on any atom is 0.226 e. The molecule has 2 saturated heterocycles. The summed E-state index contributed by atoms with van der Waals surface area (Å²) in [5, 5.41) is 3.51. The molecular weight excluding hydrogens is 306 g/mol. The molecule has 8 heteroatoms. The normalized spacial score (nSPS) is 25.1. The molecule has 0 aromatic carbocycles. The van der Waals surface area contributed by atoms with E-state index in [0.29, 0.717) is 18.0 Å². The number of halogens is 1. The molecule has 2 fully saturated rings. The Morgan fingerprint density at radius 2 is 2.09 bits per heavy atom. The molecule has 2 aliphatic heterocycles. The Balaban J connectivity index is 1.62. The van der Waals surface area contributed by atoms with Crippen LogP contribution in [0.1, 0.15) is 31.9 Å². The predicted molar refractivity (Wildman–Crippen MR) is 82.0 cm³/mol. The summed E-state index contributed by atoms with van der Waals surface area (Å²) in [7, 11) is 0. The Labute approximate surface area is 133 Å². The van der Waals surface area contributed by atoms with Crippen molar-refractivity contribution in [1.29, 1.82) is 0 Å². The van der Waals surface area contributed by atoms with Crippen molar-refractivity contribution >= 4 is 28.6 Å². The molecule has 2 aromatic rings. The smallest absolute Gasteiger partial charge is 0.226 e. The third-order valence-corrected chi connectivity index (χ3v) is 4.30. The maximum absolute atomic E-state index is 6.08. The third-order valence-electron chi connectivity index (χ3n) is 4.13. The molecular formula is C14H18ClN5O2. The van der Waals surface area contributed by atoms with Gasteiger partial charge in [-0.05, 0) is 37.3 Å². The van der Waals surface area contributed by atoms with Crippen LogP contribution >= 0.6 is 11.6 Å². The van der Waals surface area contributed by atoms with Crippen LogP contribution in [0.5, 0.6) is 0 Å². The van der Waals surface area contributed by atoms with Crippen LogP contribution in [0.3, 0.4) is 0 Å². The third kappa shape index (κ3) is 2.64. The molecule has 22 heavy (non-hydrogen) atoms. The Morgan fingerprint density at radius 3 is 2.86 bits per heavy atom. The summed E-state index contributed by atoms with van der Waals surface area (Å²) in [5.74, 6) is 0.655. The number of fused-ring (bicyclic) bond motifs is 1. The van der Waals surface area contributed by atoms with Crippen molar-refractivity contribution in [3.63, 3.8) is 0 Å². The van der Waals surface area contributed by atoms with Gasteiger partial charge in [0.1, 0.15) is 6.23 Å². The molecule has 2 aliphatic rings. The lowest BCUT2D eigenvalue weighted by atomic mass is 10.2. The summed E-state index contributed by atoms with van der Waals surface area (Å²) in [6.45, 7) is 2.31. The lowest BCUT2D eigenvalue weighted by Gasteiger charge is -2.13. The second-order valence-corrected chi connectivity index (χ2v) is 5.99. The van der Waals surface area contributed by atoms with Crippen LogP contribution in [0.25, 0.3) is 11.2 Å². The van der Waals surface area contributed by atoms with Crippen molar-refractivity contribution in [3.05, 3.63) is 11.6 Å². The van der Waals surface area contributed by atoms with E-state index in [-0.39, 0.29) is 17.6 Å². The van der Waals surface area contributed by atoms with Gasteiger partial charge in [0, 0.05) is 19.8 Å². The summed E-state index contributed by atoms with van der Waals surface area (Å²) in [4.78, 5) is 13.0. The van der Waals surface area contributed by atoms with Crippen molar-refractivity contribution in [2.24, 2.45) is 0 Å². The highest BCUT2D eigenvalue weighted by molar-refractivity contribution is 6.28. The lowest BCUT2D eigenvalue weighted by Crippen LogP contribution is -2.19. The number of anilines is 1. The average molecular weight is 324 g/mol. The summed E-state index contributed by atoms with van der Waals surface area (Å²) in [6, 6.07) is 0. The van der Waals surface area contributed by atoms with E-state index in [0.717, 1.165) is 44.4 Å². The SMILES string of the molecule is Clc1nc(NCC2CCCO2)c2ncn(C3CCCO3)c2n1. The molecule has 4 rings (SSSR count). The van der Waals surface area contributed by atoms with Crippen molar-refractivity contribution in [3.8, 4) is 0 Å². The zero-order valence-corrected chi connectivity index (χ0v) is 12.9. The number of aromatic nitrogens is 4. The number of nitrogens with zero attached hydrogens (tertiary/aromatic N) is 4. The summed E-state index contributed by atoms with van der Waals surface area (Å²) < 4.78 is 13.3. The second-order valence-electron chi connectivity index (χ2n) is 5.65. The van der Waals surface area contributed by atoms with E-state index < -0.39 is 0 Å². The standard InChI is InChI=1S/C14H18ClN5O2/c15-14-18-12(16-7-9-3-1-5-21-9)11-13(19-14)20(8-17-11)10-4-2-6-22-10/h8-10H,1-7H2,(H,16,18,19). The van der Waals surface area contributed by atoms with Crippen LogP contribution in [0.4, 0.5) is 5.82 Å². The van der Waals surface area contributed by atoms with Gasteiger partial charge in [-0.2, -0.15) is 9.97 Å². The molecule has 0 spiro atoms. The Hall–Kier alpha value is -1.44. The topological polar surface area (TPSA) is 74.1 Å². The van der Waals surface area contributed by atoms with Crippen molar-refractivity contribution in [2.45, 2.75) is 38.0 Å². The fourth-order valence-corrected chi connectivity index (χ4v) is 3.18. The van der Waals surface area contributed by atoms with E-state index in [1.165, 1.54) is 0 Å². The molecule has 4 heterocycles. The lowest BCUT2D eigenvalue weighted by molar-refractivity contribution is 0.0593. The van der Waals surface area contributed by atoms with E-state index in [1.54, 1.807) is 6.33 Å². The summed E-state index contributed by atoms with van der Waals surface area (Å²) in [6.07, 6.45) is 6.16. The molecule has 0 aliphatic carbocycles. The summed E-state index contributed by atoms with van der Waals surface area (Å²) in [5.41, 5.74) is 1.43. The van der Waals surface area contributed by atoms with E-state index in [4.69, 9.17) is 21.1 Å². The zero-order valence-electron chi connectivity index (χ0n) is 12.2. The Bertz CT molecular complexity index is 665.